The van der Waals surface area contributed by atoms with E-state index in [-0.39, 0.29) is 5.91 Å². The summed E-state index contributed by atoms with van der Waals surface area (Å²) in [7, 11) is 0. The topological polar surface area (TPSA) is 41.1 Å². The molecule has 0 aliphatic carbocycles. The SMILES string of the molecule is O=C(/C=C/c1ccc(Br)s1)NCCCNc1ccccc1. The number of thiophene rings is 1. The summed E-state index contributed by atoms with van der Waals surface area (Å²) in [5.41, 5.74) is 1.10. The first kappa shape index (κ1) is 15.8. The van der Waals surface area contributed by atoms with Gasteiger partial charge in [0.05, 0.1) is 3.79 Å². The number of para-hydroxylation sites is 1. The lowest BCUT2D eigenvalue weighted by atomic mass is 10.3. The Bertz CT molecular complexity index is 595. The largest absolute Gasteiger partial charge is 0.385 e. The monoisotopic (exact) mass is 364 g/mol. The number of benzene rings is 1. The van der Waals surface area contributed by atoms with E-state index < -0.39 is 0 Å². The maximum Gasteiger partial charge on any atom is 0.244 e. The van der Waals surface area contributed by atoms with Crippen LogP contribution in [0.5, 0.6) is 0 Å². The fourth-order valence-electron chi connectivity index (χ4n) is 1.72. The summed E-state index contributed by atoms with van der Waals surface area (Å²) in [6.07, 6.45) is 4.29. The summed E-state index contributed by atoms with van der Waals surface area (Å²) >= 11 is 4.99. The van der Waals surface area contributed by atoms with Gasteiger partial charge in [-0.15, -0.1) is 11.3 Å². The standard InChI is InChI=1S/C16H17BrN2OS/c17-15-9-7-14(21-15)8-10-16(20)19-12-4-11-18-13-5-2-1-3-6-13/h1-3,5-10,18H,4,11-12H2,(H,19,20)/b10-8+. The van der Waals surface area contributed by atoms with Crippen LogP contribution in [-0.2, 0) is 4.79 Å². The van der Waals surface area contributed by atoms with Crippen LogP contribution in [0.2, 0.25) is 0 Å². The number of hydrogen-bond donors (Lipinski definition) is 2. The van der Waals surface area contributed by atoms with Crippen LogP contribution in [0.3, 0.4) is 0 Å². The lowest BCUT2D eigenvalue weighted by molar-refractivity contribution is -0.116. The van der Waals surface area contributed by atoms with E-state index in [1.807, 2.05) is 48.5 Å². The lowest BCUT2D eigenvalue weighted by Gasteiger charge is -2.06. The fourth-order valence-corrected chi connectivity index (χ4v) is 3.05. The summed E-state index contributed by atoms with van der Waals surface area (Å²) < 4.78 is 1.06. The van der Waals surface area contributed by atoms with Gasteiger partial charge in [-0.2, -0.15) is 0 Å². The second-order valence-electron chi connectivity index (χ2n) is 4.41. The molecule has 0 fully saturated rings. The number of carbonyl (C=O) groups excluding carboxylic acids is 1. The molecule has 0 atom stereocenters. The van der Waals surface area contributed by atoms with Crippen molar-refractivity contribution in [3.05, 3.63) is 57.2 Å². The first-order valence-electron chi connectivity index (χ1n) is 6.74. The molecule has 1 heterocycles. The molecule has 110 valence electrons. The smallest absolute Gasteiger partial charge is 0.244 e. The predicted molar refractivity (Wildman–Crippen MR) is 93.6 cm³/mol. The number of carbonyl (C=O) groups is 1. The molecule has 3 nitrogen and oxygen atoms in total. The van der Waals surface area contributed by atoms with Crippen molar-refractivity contribution >= 4 is 44.9 Å². The Kier molecular flexibility index (Phi) is 6.50. The Hall–Kier alpha value is -1.59. The summed E-state index contributed by atoms with van der Waals surface area (Å²) in [6.45, 7) is 1.50. The third kappa shape index (κ3) is 6.14. The van der Waals surface area contributed by atoms with Crippen LogP contribution in [0.4, 0.5) is 5.69 Å². The zero-order valence-corrected chi connectivity index (χ0v) is 13.9. The average molecular weight is 365 g/mol. The van der Waals surface area contributed by atoms with Crippen molar-refractivity contribution in [2.75, 3.05) is 18.4 Å². The molecular weight excluding hydrogens is 348 g/mol. The van der Waals surface area contributed by atoms with E-state index in [4.69, 9.17) is 0 Å². The highest BCUT2D eigenvalue weighted by Gasteiger charge is 1.97. The van der Waals surface area contributed by atoms with E-state index in [9.17, 15) is 4.79 Å². The maximum atomic E-state index is 11.6. The van der Waals surface area contributed by atoms with Gasteiger partial charge in [-0.25, -0.2) is 0 Å². The molecule has 2 aromatic rings. The van der Waals surface area contributed by atoms with E-state index in [1.165, 1.54) is 0 Å². The third-order valence-corrected chi connectivity index (χ3v) is 4.34. The molecule has 0 saturated carbocycles. The van der Waals surface area contributed by atoms with Crippen LogP contribution in [0, 0.1) is 0 Å². The predicted octanol–water partition coefficient (Wildman–Crippen LogP) is 4.14. The van der Waals surface area contributed by atoms with Crippen molar-refractivity contribution in [2.24, 2.45) is 0 Å². The molecule has 0 aliphatic heterocycles. The Morgan fingerprint density at radius 1 is 1.14 bits per heavy atom. The van der Waals surface area contributed by atoms with Gasteiger partial charge in [-0.05, 0) is 52.7 Å². The number of halogens is 1. The highest BCUT2D eigenvalue weighted by molar-refractivity contribution is 9.11. The first-order valence-corrected chi connectivity index (χ1v) is 8.35. The van der Waals surface area contributed by atoms with E-state index in [0.717, 1.165) is 27.3 Å². The van der Waals surface area contributed by atoms with E-state index in [2.05, 4.69) is 26.6 Å². The molecule has 0 aliphatic rings. The van der Waals surface area contributed by atoms with Crippen LogP contribution in [0.15, 0.2) is 52.3 Å². The molecule has 21 heavy (non-hydrogen) atoms. The van der Waals surface area contributed by atoms with Gasteiger partial charge in [-0.3, -0.25) is 4.79 Å². The minimum Gasteiger partial charge on any atom is -0.385 e. The Morgan fingerprint density at radius 2 is 1.95 bits per heavy atom. The zero-order chi connectivity index (χ0) is 14.9. The van der Waals surface area contributed by atoms with Crippen molar-refractivity contribution < 1.29 is 4.79 Å². The molecule has 1 amide bonds. The molecule has 0 radical (unpaired) electrons. The second kappa shape index (κ2) is 8.64. The van der Waals surface area contributed by atoms with Crippen LogP contribution < -0.4 is 10.6 Å². The summed E-state index contributed by atoms with van der Waals surface area (Å²) in [6, 6.07) is 14.0. The Labute approximate surface area is 137 Å². The quantitative estimate of drug-likeness (QED) is 0.572. The molecule has 0 bridgehead atoms. The first-order chi connectivity index (χ1) is 10.2. The highest BCUT2D eigenvalue weighted by atomic mass is 79.9. The Balaban J connectivity index is 1.60. The molecule has 2 N–H and O–H groups in total. The van der Waals surface area contributed by atoms with Crippen LogP contribution in [0.1, 0.15) is 11.3 Å². The molecule has 5 heteroatoms. The van der Waals surface area contributed by atoms with Crippen molar-refractivity contribution in [2.45, 2.75) is 6.42 Å². The van der Waals surface area contributed by atoms with Crippen LogP contribution >= 0.6 is 27.3 Å². The van der Waals surface area contributed by atoms with Gasteiger partial charge in [0.15, 0.2) is 0 Å². The van der Waals surface area contributed by atoms with Gasteiger partial charge in [-0.1, -0.05) is 18.2 Å². The minimum atomic E-state index is -0.0563. The van der Waals surface area contributed by atoms with E-state index in [0.29, 0.717) is 6.54 Å². The van der Waals surface area contributed by atoms with Crippen molar-refractivity contribution in [3.63, 3.8) is 0 Å². The number of nitrogens with one attached hydrogen (secondary N) is 2. The number of anilines is 1. The lowest BCUT2D eigenvalue weighted by Crippen LogP contribution is -2.23. The van der Waals surface area contributed by atoms with Crippen LogP contribution in [-0.4, -0.2) is 19.0 Å². The van der Waals surface area contributed by atoms with Gasteiger partial charge >= 0.3 is 0 Å². The Morgan fingerprint density at radius 3 is 2.67 bits per heavy atom. The van der Waals surface area contributed by atoms with Gasteiger partial charge < -0.3 is 10.6 Å². The highest BCUT2D eigenvalue weighted by Crippen LogP contribution is 2.22. The van der Waals surface area contributed by atoms with Crippen molar-refractivity contribution in [3.8, 4) is 0 Å². The normalized spacial score (nSPS) is 10.7. The van der Waals surface area contributed by atoms with Crippen molar-refractivity contribution in [1.29, 1.82) is 0 Å². The second-order valence-corrected chi connectivity index (χ2v) is 6.91. The number of rotatable bonds is 7. The van der Waals surface area contributed by atoms with E-state index >= 15 is 0 Å². The minimum absolute atomic E-state index is 0.0563. The summed E-state index contributed by atoms with van der Waals surface area (Å²) in [4.78, 5) is 12.7. The van der Waals surface area contributed by atoms with Crippen molar-refractivity contribution in [1.82, 2.24) is 5.32 Å². The molecule has 1 aromatic carbocycles. The maximum absolute atomic E-state index is 11.6. The molecule has 0 spiro atoms. The van der Waals surface area contributed by atoms with E-state index in [1.54, 1.807) is 17.4 Å². The van der Waals surface area contributed by atoms with Crippen LogP contribution in [0.25, 0.3) is 6.08 Å². The summed E-state index contributed by atoms with van der Waals surface area (Å²) in [5.74, 6) is -0.0563. The third-order valence-electron chi connectivity index (χ3n) is 2.75. The molecule has 0 unspecified atom stereocenters. The van der Waals surface area contributed by atoms with Gasteiger partial charge in [0.25, 0.3) is 0 Å². The molecule has 2 rings (SSSR count). The van der Waals surface area contributed by atoms with Gasteiger partial charge in [0.1, 0.15) is 0 Å². The number of amides is 1. The van der Waals surface area contributed by atoms with Gasteiger partial charge in [0, 0.05) is 29.7 Å². The zero-order valence-electron chi connectivity index (χ0n) is 11.5. The average Bonchev–Trinajstić information content (AvgIpc) is 2.91. The molecule has 0 saturated heterocycles. The molecular formula is C16H17BrN2OS. The number of hydrogen-bond acceptors (Lipinski definition) is 3. The summed E-state index contributed by atoms with van der Waals surface area (Å²) in [5, 5.41) is 6.18. The fraction of sp³-hybridized carbons (Fsp3) is 0.188. The molecule has 1 aromatic heterocycles. The van der Waals surface area contributed by atoms with Gasteiger partial charge in [0.2, 0.25) is 5.91 Å².